The van der Waals surface area contributed by atoms with E-state index in [0.717, 1.165) is 17.7 Å². The summed E-state index contributed by atoms with van der Waals surface area (Å²) >= 11 is 0. The van der Waals surface area contributed by atoms with Crippen LogP contribution in [0.2, 0.25) is 0 Å². The lowest BCUT2D eigenvalue weighted by atomic mass is 10.0. The van der Waals surface area contributed by atoms with Crippen molar-refractivity contribution in [3.63, 3.8) is 0 Å². The predicted molar refractivity (Wildman–Crippen MR) is 73.1 cm³/mol. The highest BCUT2D eigenvalue weighted by atomic mass is 19.2. The number of aromatic nitrogens is 5. The van der Waals surface area contributed by atoms with E-state index in [0.29, 0.717) is 23.6 Å². The number of ether oxygens (including phenoxy) is 1. The van der Waals surface area contributed by atoms with Gasteiger partial charge in [0.05, 0.1) is 13.7 Å². The topological polar surface area (TPSA) is 65.7 Å². The Labute approximate surface area is 124 Å². The van der Waals surface area contributed by atoms with Crippen LogP contribution in [0.25, 0.3) is 11.1 Å². The third-order valence-corrected chi connectivity index (χ3v) is 3.05. The molecule has 0 radical (unpaired) electrons. The molecular formula is C14H11F2N5O. The van der Waals surface area contributed by atoms with Crippen LogP contribution in [0.1, 0.15) is 5.56 Å². The van der Waals surface area contributed by atoms with Crippen molar-refractivity contribution >= 4 is 0 Å². The van der Waals surface area contributed by atoms with Crippen LogP contribution in [0.5, 0.6) is 5.88 Å². The third kappa shape index (κ3) is 2.76. The first-order valence-electron chi connectivity index (χ1n) is 6.36. The fourth-order valence-corrected chi connectivity index (χ4v) is 2.04. The molecule has 2 heterocycles. The van der Waals surface area contributed by atoms with E-state index < -0.39 is 11.6 Å². The lowest BCUT2D eigenvalue weighted by Gasteiger charge is -2.10. The number of hydrogen-bond donors (Lipinski definition) is 0. The Kier molecular flexibility index (Phi) is 3.73. The van der Waals surface area contributed by atoms with Gasteiger partial charge in [0.1, 0.15) is 0 Å². The Morgan fingerprint density at radius 3 is 2.73 bits per heavy atom. The maximum Gasteiger partial charge on any atom is 0.221 e. The summed E-state index contributed by atoms with van der Waals surface area (Å²) in [7, 11) is 1.46. The van der Waals surface area contributed by atoms with Crippen LogP contribution >= 0.6 is 0 Å². The second-order valence-electron chi connectivity index (χ2n) is 4.50. The van der Waals surface area contributed by atoms with E-state index in [1.165, 1.54) is 24.3 Å². The summed E-state index contributed by atoms with van der Waals surface area (Å²) in [6.07, 6.45) is 2.93. The van der Waals surface area contributed by atoms with Crippen molar-refractivity contribution in [2.75, 3.05) is 7.11 Å². The minimum Gasteiger partial charge on any atom is -0.481 e. The molecule has 0 unspecified atom stereocenters. The molecule has 0 fully saturated rings. The van der Waals surface area contributed by atoms with Crippen LogP contribution in [0.15, 0.2) is 36.8 Å². The number of hydrogen-bond acceptors (Lipinski definition) is 5. The molecule has 0 aliphatic heterocycles. The van der Waals surface area contributed by atoms with Crippen LogP contribution < -0.4 is 4.74 Å². The molecule has 112 valence electrons. The molecule has 8 heteroatoms. The molecule has 0 saturated heterocycles. The summed E-state index contributed by atoms with van der Waals surface area (Å²) in [6.45, 7) is 0.355. The first-order valence-corrected chi connectivity index (χ1v) is 6.36. The lowest BCUT2D eigenvalue weighted by molar-refractivity contribution is 0.399. The standard InChI is InChI=1S/C14H11F2N5O/c1-22-14-11(10-2-3-12(15)13(16)5-10)4-9(6-17-14)7-21-19-8-18-20-21/h2-6,8H,7H2,1H3. The normalized spacial score (nSPS) is 10.7. The largest absolute Gasteiger partial charge is 0.481 e. The van der Waals surface area contributed by atoms with Gasteiger partial charge in [-0.25, -0.2) is 13.8 Å². The van der Waals surface area contributed by atoms with E-state index in [1.807, 2.05) is 0 Å². The van der Waals surface area contributed by atoms with Gasteiger partial charge in [0.25, 0.3) is 0 Å². The van der Waals surface area contributed by atoms with Crippen molar-refractivity contribution in [2.45, 2.75) is 6.54 Å². The van der Waals surface area contributed by atoms with E-state index in [1.54, 1.807) is 12.3 Å². The van der Waals surface area contributed by atoms with Gasteiger partial charge in [-0.15, -0.1) is 10.2 Å². The highest BCUT2D eigenvalue weighted by Crippen LogP contribution is 2.30. The van der Waals surface area contributed by atoms with Crippen LogP contribution in [-0.2, 0) is 6.54 Å². The van der Waals surface area contributed by atoms with Crippen LogP contribution in [0, 0.1) is 11.6 Å². The Hall–Kier alpha value is -2.90. The Morgan fingerprint density at radius 1 is 1.18 bits per heavy atom. The molecule has 0 atom stereocenters. The quantitative estimate of drug-likeness (QED) is 0.738. The number of nitrogens with zero attached hydrogens (tertiary/aromatic N) is 5. The van der Waals surface area contributed by atoms with Crippen LogP contribution in [-0.4, -0.2) is 32.3 Å². The van der Waals surface area contributed by atoms with Crippen LogP contribution in [0.4, 0.5) is 8.78 Å². The van der Waals surface area contributed by atoms with Crippen molar-refractivity contribution in [3.05, 3.63) is 54.0 Å². The molecule has 3 aromatic rings. The maximum absolute atomic E-state index is 13.4. The van der Waals surface area contributed by atoms with E-state index in [-0.39, 0.29) is 0 Å². The van der Waals surface area contributed by atoms with E-state index in [4.69, 9.17) is 4.74 Å². The molecule has 0 bridgehead atoms. The zero-order valence-electron chi connectivity index (χ0n) is 11.6. The summed E-state index contributed by atoms with van der Waals surface area (Å²) in [5.41, 5.74) is 1.80. The molecule has 1 aromatic carbocycles. The van der Waals surface area contributed by atoms with Crippen molar-refractivity contribution in [2.24, 2.45) is 0 Å². The molecule has 2 aromatic heterocycles. The Morgan fingerprint density at radius 2 is 2.05 bits per heavy atom. The van der Waals surface area contributed by atoms with Gasteiger partial charge in [-0.2, -0.15) is 4.80 Å². The van der Waals surface area contributed by atoms with Gasteiger partial charge in [0, 0.05) is 11.8 Å². The van der Waals surface area contributed by atoms with Gasteiger partial charge in [0.15, 0.2) is 18.0 Å². The first-order chi connectivity index (χ1) is 10.7. The van der Waals surface area contributed by atoms with Gasteiger partial charge in [-0.1, -0.05) is 6.07 Å². The van der Waals surface area contributed by atoms with Gasteiger partial charge in [-0.05, 0) is 34.5 Å². The second-order valence-corrected chi connectivity index (χ2v) is 4.50. The molecule has 0 amide bonds. The van der Waals surface area contributed by atoms with Crippen molar-refractivity contribution < 1.29 is 13.5 Å². The summed E-state index contributed by atoms with van der Waals surface area (Å²) in [5.74, 6) is -1.51. The van der Waals surface area contributed by atoms with Crippen molar-refractivity contribution in [1.29, 1.82) is 0 Å². The number of benzene rings is 1. The van der Waals surface area contributed by atoms with Gasteiger partial charge >= 0.3 is 0 Å². The molecule has 0 saturated carbocycles. The van der Waals surface area contributed by atoms with E-state index in [9.17, 15) is 8.78 Å². The third-order valence-electron chi connectivity index (χ3n) is 3.05. The molecule has 0 aliphatic rings. The zero-order valence-corrected chi connectivity index (χ0v) is 11.6. The summed E-state index contributed by atoms with van der Waals surface area (Å²) in [4.78, 5) is 5.57. The Balaban J connectivity index is 2.02. The number of rotatable bonds is 4. The smallest absolute Gasteiger partial charge is 0.221 e. The summed E-state index contributed by atoms with van der Waals surface area (Å²) in [6, 6.07) is 5.40. The van der Waals surface area contributed by atoms with Gasteiger partial charge in [0.2, 0.25) is 5.88 Å². The molecule has 22 heavy (non-hydrogen) atoms. The fraction of sp³-hybridized carbons (Fsp3) is 0.143. The van der Waals surface area contributed by atoms with E-state index in [2.05, 4.69) is 20.4 Å². The fourth-order valence-electron chi connectivity index (χ4n) is 2.04. The molecule has 6 nitrogen and oxygen atoms in total. The monoisotopic (exact) mass is 303 g/mol. The SMILES string of the molecule is COc1ncc(Cn2ncnn2)cc1-c1ccc(F)c(F)c1. The highest BCUT2D eigenvalue weighted by Gasteiger charge is 2.12. The minimum absolute atomic E-state index is 0.321. The highest BCUT2D eigenvalue weighted by molar-refractivity contribution is 5.69. The summed E-state index contributed by atoms with van der Waals surface area (Å²) in [5, 5.41) is 11.3. The number of methoxy groups -OCH3 is 1. The Bertz CT molecular complexity index is 792. The minimum atomic E-state index is -0.928. The molecular weight excluding hydrogens is 292 g/mol. The lowest BCUT2D eigenvalue weighted by Crippen LogP contribution is -2.05. The maximum atomic E-state index is 13.4. The second kappa shape index (κ2) is 5.84. The van der Waals surface area contributed by atoms with Gasteiger partial charge < -0.3 is 4.74 Å². The molecule has 3 rings (SSSR count). The summed E-state index contributed by atoms with van der Waals surface area (Å²) < 4.78 is 31.7. The average molecular weight is 303 g/mol. The van der Waals surface area contributed by atoms with Crippen LogP contribution in [0.3, 0.4) is 0 Å². The molecule has 0 aliphatic carbocycles. The molecule has 0 N–H and O–H groups in total. The zero-order chi connectivity index (χ0) is 15.5. The number of halogens is 2. The van der Waals surface area contributed by atoms with Crippen molar-refractivity contribution in [1.82, 2.24) is 25.2 Å². The predicted octanol–water partition coefficient (Wildman–Crippen LogP) is 2.07. The van der Waals surface area contributed by atoms with E-state index >= 15 is 0 Å². The number of pyridine rings is 1. The average Bonchev–Trinajstić information content (AvgIpc) is 3.03. The number of tetrazole rings is 1. The van der Waals surface area contributed by atoms with Gasteiger partial charge in [-0.3, -0.25) is 0 Å². The first kappa shape index (κ1) is 14.1. The van der Waals surface area contributed by atoms with Crippen molar-refractivity contribution in [3.8, 4) is 17.0 Å². The molecule has 0 spiro atoms.